The van der Waals surface area contributed by atoms with Gasteiger partial charge in [-0.15, -0.1) is 0 Å². The first kappa shape index (κ1) is 13.5. The van der Waals surface area contributed by atoms with Crippen molar-refractivity contribution >= 4 is 21.9 Å². The van der Waals surface area contributed by atoms with Gasteiger partial charge in [0.15, 0.2) is 0 Å². The zero-order valence-corrected chi connectivity index (χ0v) is 11.6. The molecule has 0 heterocycles. The lowest BCUT2D eigenvalue weighted by atomic mass is 10.2. The maximum absolute atomic E-state index is 13.0. The van der Waals surface area contributed by atoms with Crippen molar-refractivity contribution in [2.75, 3.05) is 0 Å². The number of rotatable bonds is 3. The minimum absolute atomic E-state index is 0.162. The van der Waals surface area contributed by atoms with Crippen LogP contribution in [-0.2, 0) is 0 Å². The van der Waals surface area contributed by atoms with E-state index in [1.807, 2.05) is 0 Å². The summed E-state index contributed by atoms with van der Waals surface area (Å²) in [5.74, 6) is -0.347. The van der Waals surface area contributed by atoms with E-state index in [1.54, 1.807) is 13.0 Å². The Morgan fingerprint density at radius 2 is 1.89 bits per heavy atom. The van der Waals surface area contributed by atoms with Crippen LogP contribution >= 0.6 is 15.9 Å². The van der Waals surface area contributed by atoms with Gasteiger partial charge in [-0.2, -0.15) is 0 Å². The fourth-order valence-electron chi connectivity index (χ4n) is 1.56. The van der Waals surface area contributed by atoms with E-state index in [-0.39, 0.29) is 11.4 Å². The molecule has 0 spiro atoms. The second-order valence-corrected chi connectivity index (χ2v) is 4.82. The maximum atomic E-state index is 13.0. The maximum Gasteiger partial charge on any atom is 0.335 e. The van der Waals surface area contributed by atoms with Crippen molar-refractivity contribution in [3.63, 3.8) is 0 Å². The number of ether oxygens (including phenoxy) is 1. The van der Waals surface area contributed by atoms with Gasteiger partial charge >= 0.3 is 5.97 Å². The van der Waals surface area contributed by atoms with Gasteiger partial charge in [0.2, 0.25) is 0 Å². The second kappa shape index (κ2) is 5.40. The summed E-state index contributed by atoms with van der Waals surface area (Å²) in [5, 5.41) is 8.86. The molecule has 2 aromatic rings. The third-order valence-corrected chi connectivity index (χ3v) is 3.16. The minimum atomic E-state index is -1.01. The summed E-state index contributed by atoms with van der Waals surface area (Å²) in [4.78, 5) is 10.8. The molecule has 0 aliphatic heterocycles. The third-order valence-electron chi connectivity index (χ3n) is 2.54. The fraction of sp³-hybridized carbons (Fsp3) is 0.0714. The van der Waals surface area contributed by atoms with Crippen LogP contribution in [0.3, 0.4) is 0 Å². The Kier molecular flexibility index (Phi) is 3.85. The van der Waals surface area contributed by atoms with Gasteiger partial charge in [0.25, 0.3) is 0 Å². The van der Waals surface area contributed by atoms with E-state index in [4.69, 9.17) is 9.84 Å². The quantitative estimate of drug-likeness (QED) is 0.910. The highest BCUT2D eigenvalue weighted by Crippen LogP contribution is 2.32. The van der Waals surface area contributed by atoms with Gasteiger partial charge in [0, 0.05) is 0 Å². The molecule has 1 N–H and O–H groups in total. The minimum Gasteiger partial charge on any atom is -0.478 e. The predicted octanol–water partition coefficient (Wildman–Crippen LogP) is 4.39. The van der Waals surface area contributed by atoms with Gasteiger partial charge in [-0.05, 0) is 64.8 Å². The van der Waals surface area contributed by atoms with Crippen molar-refractivity contribution in [3.05, 3.63) is 57.8 Å². The summed E-state index contributed by atoms with van der Waals surface area (Å²) in [6.07, 6.45) is 0. The Hall–Kier alpha value is -1.88. The van der Waals surface area contributed by atoms with Crippen molar-refractivity contribution in [2.45, 2.75) is 6.92 Å². The molecule has 0 saturated carbocycles. The number of aromatic carboxylic acids is 1. The highest BCUT2D eigenvalue weighted by atomic mass is 79.9. The van der Waals surface area contributed by atoms with E-state index in [9.17, 15) is 9.18 Å². The molecule has 2 rings (SSSR count). The first-order valence-electron chi connectivity index (χ1n) is 5.44. The fourth-order valence-corrected chi connectivity index (χ4v) is 2.02. The van der Waals surface area contributed by atoms with Crippen LogP contribution in [0.25, 0.3) is 0 Å². The lowest BCUT2D eigenvalue weighted by molar-refractivity contribution is 0.0697. The normalized spacial score (nSPS) is 10.3. The van der Waals surface area contributed by atoms with E-state index in [2.05, 4.69) is 15.9 Å². The molecule has 5 heteroatoms. The van der Waals surface area contributed by atoms with Gasteiger partial charge in [0.1, 0.15) is 17.3 Å². The zero-order valence-electron chi connectivity index (χ0n) is 9.98. The molecule has 0 atom stereocenters. The van der Waals surface area contributed by atoms with Gasteiger partial charge in [-0.1, -0.05) is 0 Å². The molecule has 0 amide bonds. The smallest absolute Gasteiger partial charge is 0.335 e. The van der Waals surface area contributed by atoms with E-state index in [0.29, 0.717) is 21.5 Å². The Labute approximate surface area is 117 Å². The average Bonchev–Trinajstić information content (AvgIpc) is 2.34. The summed E-state index contributed by atoms with van der Waals surface area (Å²) in [6.45, 7) is 1.73. The number of benzene rings is 2. The van der Waals surface area contributed by atoms with E-state index >= 15 is 0 Å². The van der Waals surface area contributed by atoms with Crippen LogP contribution in [0.15, 0.2) is 40.9 Å². The zero-order chi connectivity index (χ0) is 14.0. The standard InChI is InChI=1S/C14H10BrFO3/c1-8-6-10(16)3-5-12(8)19-13-4-2-9(14(17)18)7-11(13)15/h2-7H,1H3,(H,17,18). The van der Waals surface area contributed by atoms with Crippen molar-refractivity contribution < 1.29 is 19.0 Å². The summed E-state index contributed by atoms with van der Waals surface area (Å²) in [5.41, 5.74) is 0.823. The number of hydrogen-bond acceptors (Lipinski definition) is 2. The Morgan fingerprint density at radius 3 is 2.47 bits per heavy atom. The molecular formula is C14H10BrFO3. The molecule has 0 saturated heterocycles. The van der Waals surface area contributed by atoms with Crippen molar-refractivity contribution in [3.8, 4) is 11.5 Å². The lowest BCUT2D eigenvalue weighted by Crippen LogP contribution is -1.96. The molecule has 3 nitrogen and oxygen atoms in total. The van der Waals surface area contributed by atoms with Crippen LogP contribution in [0, 0.1) is 12.7 Å². The first-order chi connectivity index (χ1) is 8.97. The summed E-state index contributed by atoms with van der Waals surface area (Å²) < 4.78 is 19.1. The second-order valence-electron chi connectivity index (χ2n) is 3.96. The molecule has 98 valence electrons. The third kappa shape index (κ3) is 3.12. The van der Waals surface area contributed by atoms with Gasteiger partial charge in [-0.25, -0.2) is 9.18 Å². The molecule has 0 unspecified atom stereocenters. The molecule has 0 fully saturated rings. The van der Waals surface area contributed by atoms with Crippen molar-refractivity contribution in [2.24, 2.45) is 0 Å². The number of hydrogen-bond donors (Lipinski definition) is 1. The van der Waals surface area contributed by atoms with Crippen LogP contribution < -0.4 is 4.74 Å². The SMILES string of the molecule is Cc1cc(F)ccc1Oc1ccc(C(=O)O)cc1Br. The molecule has 0 aliphatic carbocycles. The van der Waals surface area contributed by atoms with Gasteiger partial charge in [-0.3, -0.25) is 0 Å². The lowest BCUT2D eigenvalue weighted by Gasteiger charge is -2.10. The number of halogens is 2. The molecule has 0 bridgehead atoms. The molecule has 19 heavy (non-hydrogen) atoms. The van der Waals surface area contributed by atoms with Crippen LogP contribution in [0.2, 0.25) is 0 Å². The van der Waals surface area contributed by atoms with Crippen LogP contribution in [-0.4, -0.2) is 11.1 Å². The predicted molar refractivity (Wildman–Crippen MR) is 72.3 cm³/mol. The van der Waals surface area contributed by atoms with Gasteiger partial charge < -0.3 is 9.84 Å². The van der Waals surface area contributed by atoms with Gasteiger partial charge in [0.05, 0.1) is 10.0 Å². The molecule has 2 aromatic carbocycles. The molecule has 0 radical (unpaired) electrons. The summed E-state index contributed by atoms with van der Waals surface area (Å²) in [7, 11) is 0. The monoisotopic (exact) mass is 324 g/mol. The topological polar surface area (TPSA) is 46.5 Å². The van der Waals surface area contributed by atoms with Crippen molar-refractivity contribution in [1.29, 1.82) is 0 Å². The molecule has 0 aliphatic rings. The number of aryl methyl sites for hydroxylation is 1. The Balaban J connectivity index is 2.31. The van der Waals surface area contributed by atoms with Crippen LogP contribution in [0.5, 0.6) is 11.5 Å². The van der Waals surface area contributed by atoms with Crippen LogP contribution in [0.1, 0.15) is 15.9 Å². The van der Waals surface area contributed by atoms with E-state index < -0.39 is 5.97 Å². The largest absolute Gasteiger partial charge is 0.478 e. The molecular weight excluding hydrogens is 315 g/mol. The number of carboxylic acids is 1. The Bertz CT molecular complexity index is 641. The number of carbonyl (C=O) groups is 1. The van der Waals surface area contributed by atoms with E-state index in [1.165, 1.54) is 30.3 Å². The number of carboxylic acid groups (broad SMARTS) is 1. The highest BCUT2D eigenvalue weighted by Gasteiger charge is 2.09. The van der Waals surface area contributed by atoms with E-state index in [0.717, 1.165) is 0 Å². The highest BCUT2D eigenvalue weighted by molar-refractivity contribution is 9.10. The first-order valence-corrected chi connectivity index (χ1v) is 6.23. The Morgan fingerprint density at radius 1 is 1.21 bits per heavy atom. The molecule has 0 aromatic heterocycles. The van der Waals surface area contributed by atoms with Crippen LogP contribution in [0.4, 0.5) is 4.39 Å². The summed E-state index contributed by atoms with van der Waals surface area (Å²) >= 11 is 3.25. The van der Waals surface area contributed by atoms with Crippen molar-refractivity contribution in [1.82, 2.24) is 0 Å². The average molecular weight is 325 g/mol. The summed E-state index contributed by atoms with van der Waals surface area (Å²) in [6, 6.07) is 8.66.